The zero-order valence-electron chi connectivity index (χ0n) is 16.6. The number of rotatable bonds is 9. The number of benzene rings is 2. The van der Waals surface area contributed by atoms with Gasteiger partial charge >= 0.3 is 0 Å². The van der Waals surface area contributed by atoms with Gasteiger partial charge in [-0.25, -0.2) is 12.7 Å². The summed E-state index contributed by atoms with van der Waals surface area (Å²) < 4.78 is 35.9. The first kappa shape index (κ1) is 22.2. The van der Waals surface area contributed by atoms with E-state index in [0.717, 1.165) is 4.31 Å². The molecule has 0 aromatic heterocycles. The van der Waals surface area contributed by atoms with E-state index in [2.05, 4.69) is 10.5 Å². The summed E-state index contributed by atoms with van der Waals surface area (Å²) in [4.78, 5) is 17.1. The lowest BCUT2D eigenvalue weighted by molar-refractivity contribution is -0.120. The van der Waals surface area contributed by atoms with Gasteiger partial charge in [-0.15, -0.1) is 0 Å². The van der Waals surface area contributed by atoms with E-state index < -0.39 is 15.9 Å². The van der Waals surface area contributed by atoms with E-state index in [9.17, 15) is 13.2 Å². The molecule has 0 radical (unpaired) electrons. The minimum absolute atomic E-state index is 0.0735. The zero-order chi connectivity index (χ0) is 21.4. The molecule has 9 nitrogen and oxygen atoms in total. The van der Waals surface area contributed by atoms with Crippen molar-refractivity contribution in [2.24, 2.45) is 5.16 Å². The first-order valence-corrected chi connectivity index (χ1v) is 9.92. The molecule has 1 amide bonds. The maximum absolute atomic E-state index is 12.2. The first-order valence-electron chi connectivity index (χ1n) is 8.48. The molecule has 1 N–H and O–H groups in total. The number of amides is 1. The van der Waals surface area contributed by atoms with Gasteiger partial charge in [0.2, 0.25) is 10.0 Å². The molecule has 10 heteroatoms. The predicted octanol–water partition coefficient (Wildman–Crippen LogP) is 1.94. The van der Waals surface area contributed by atoms with E-state index in [4.69, 9.17) is 14.3 Å². The molecule has 0 saturated heterocycles. The van der Waals surface area contributed by atoms with Crippen LogP contribution < -0.4 is 14.8 Å². The van der Waals surface area contributed by atoms with Crippen molar-refractivity contribution >= 4 is 27.8 Å². The number of para-hydroxylation sites is 1. The number of carbonyl (C=O) groups is 1. The van der Waals surface area contributed by atoms with Gasteiger partial charge in [-0.05, 0) is 30.3 Å². The van der Waals surface area contributed by atoms with Gasteiger partial charge in [0.25, 0.3) is 5.91 Å². The smallest absolute Gasteiger partial charge is 0.265 e. The molecule has 0 bridgehead atoms. The third kappa shape index (κ3) is 5.69. The number of sulfonamides is 1. The standard InChI is InChI=1S/C19H23N3O6S/c1-22(2)29(24,25)16-9-6-8-15(11-16)21-18(23)13-28-20-12-14-7-5-10-17(26-3)19(14)27-4/h5-12H,13H2,1-4H3,(H,21,23)/b20-12-. The van der Waals surface area contributed by atoms with Gasteiger partial charge in [0.05, 0.1) is 25.3 Å². The van der Waals surface area contributed by atoms with Crippen LogP contribution in [0.2, 0.25) is 0 Å². The van der Waals surface area contributed by atoms with Crippen molar-refractivity contribution in [3.05, 3.63) is 48.0 Å². The summed E-state index contributed by atoms with van der Waals surface area (Å²) in [6, 6.07) is 11.2. The average Bonchev–Trinajstić information content (AvgIpc) is 2.70. The quantitative estimate of drug-likeness (QED) is 0.490. The van der Waals surface area contributed by atoms with Crippen molar-refractivity contribution in [1.82, 2.24) is 4.31 Å². The molecular weight excluding hydrogens is 398 g/mol. The van der Waals surface area contributed by atoms with Crippen molar-refractivity contribution in [2.45, 2.75) is 4.90 Å². The van der Waals surface area contributed by atoms with E-state index in [1.807, 2.05) is 0 Å². The highest BCUT2D eigenvalue weighted by atomic mass is 32.2. The molecular formula is C19H23N3O6S. The second-order valence-corrected chi connectivity index (χ2v) is 8.11. The molecule has 2 aromatic carbocycles. The Bertz CT molecular complexity index is 989. The summed E-state index contributed by atoms with van der Waals surface area (Å²) in [6.07, 6.45) is 1.40. The highest BCUT2D eigenvalue weighted by molar-refractivity contribution is 7.89. The topological polar surface area (TPSA) is 107 Å². The lowest BCUT2D eigenvalue weighted by Crippen LogP contribution is -2.22. The predicted molar refractivity (Wildman–Crippen MR) is 109 cm³/mol. The van der Waals surface area contributed by atoms with Crippen LogP contribution in [0.1, 0.15) is 5.56 Å². The van der Waals surface area contributed by atoms with Gasteiger partial charge in [-0.3, -0.25) is 4.79 Å². The van der Waals surface area contributed by atoms with E-state index in [-0.39, 0.29) is 11.5 Å². The molecule has 156 valence electrons. The Balaban J connectivity index is 1.97. The number of methoxy groups -OCH3 is 2. The Kier molecular flexibility index (Phi) is 7.57. The Labute approximate surface area is 169 Å². The molecule has 0 aliphatic rings. The van der Waals surface area contributed by atoms with Crippen LogP contribution in [0.4, 0.5) is 5.69 Å². The zero-order valence-corrected chi connectivity index (χ0v) is 17.4. The number of hydrogen-bond acceptors (Lipinski definition) is 7. The number of nitrogens with one attached hydrogen (secondary N) is 1. The molecule has 2 rings (SSSR count). The Morgan fingerprint density at radius 3 is 2.52 bits per heavy atom. The second-order valence-electron chi connectivity index (χ2n) is 5.95. The van der Waals surface area contributed by atoms with Gasteiger partial charge in [-0.2, -0.15) is 0 Å². The molecule has 2 aromatic rings. The lowest BCUT2D eigenvalue weighted by atomic mass is 10.2. The molecule has 29 heavy (non-hydrogen) atoms. The summed E-state index contributed by atoms with van der Waals surface area (Å²) >= 11 is 0. The van der Waals surface area contributed by atoms with Crippen LogP contribution >= 0.6 is 0 Å². The fourth-order valence-electron chi connectivity index (χ4n) is 2.35. The van der Waals surface area contributed by atoms with Crippen molar-refractivity contribution < 1.29 is 27.5 Å². The third-order valence-electron chi connectivity index (χ3n) is 3.79. The number of oxime groups is 1. The molecule has 0 spiro atoms. The normalized spacial score (nSPS) is 11.5. The van der Waals surface area contributed by atoms with Crippen molar-refractivity contribution in [2.75, 3.05) is 40.2 Å². The Morgan fingerprint density at radius 1 is 1.14 bits per heavy atom. The van der Waals surface area contributed by atoms with Crippen LogP contribution in [-0.4, -0.2) is 59.8 Å². The fraction of sp³-hybridized carbons (Fsp3) is 0.263. The highest BCUT2D eigenvalue weighted by Gasteiger charge is 2.17. The molecule has 0 unspecified atom stereocenters. The summed E-state index contributed by atoms with van der Waals surface area (Å²) in [6.45, 7) is -0.354. The van der Waals surface area contributed by atoms with E-state index in [0.29, 0.717) is 22.7 Å². The molecule has 0 heterocycles. The third-order valence-corrected chi connectivity index (χ3v) is 5.60. The van der Waals surface area contributed by atoms with Crippen molar-refractivity contribution in [3.8, 4) is 11.5 Å². The maximum atomic E-state index is 12.2. The SMILES string of the molecule is COc1cccc(/C=N\OCC(=O)Nc2cccc(S(=O)(=O)N(C)C)c2)c1OC. The van der Waals surface area contributed by atoms with Crippen LogP contribution in [0, 0.1) is 0 Å². The van der Waals surface area contributed by atoms with E-state index in [1.165, 1.54) is 46.7 Å². The number of anilines is 1. The fourth-order valence-corrected chi connectivity index (χ4v) is 3.29. The van der Waals surface area contributed by atoms with Crippen LogP contribution in [0.15, 0.2) is 52.5 Å². The molecule has 0 saturated carbocycles. The molecule has 0 atom stereocenters. The molecule has 0 fully saturated rings. The van der Waals surface area contributed by atoms with Crippen LogP contribution in [-0.2, 0) is 19.7 Å². The van der Waals surface area contributed by atoms with Crippen molar-refractivity contribution in [1.29, 1.82) is 0 Å². The van der Waals surface area contributed by atoms with Crippen LogP contribution in [0.25, 0.3) is 0 Å². The summed E-state index contributed by atoms with van der Waals surface area (Å²) in [5.74, 6) is 0.548. The number of nitrogens with zero attached hydrogens (tertiary/aromatic N) is 2. The van der Waals surface area contributed by atoms with Crippen LogP contribution in [0.3, 0.4) is 0 Å². The largest absolute Gasteiger partial charge is 0.493 e. The first-order chi connectivity index (χ1) is 13.8. The van der Waals surface area contributed by atoms with Crippen molar-refractivity contribution in [3.63, 3.8) is 0 Å². The number of hydrogen-bond donors (Lipinski definition) is 1. The highest BCUT2D eigenvalue weighted by Crippen LogP contribution is 2.29. The minimum Gasteiger partial charge on any atom is -0.493 e. The monoisotopic (exact) mass is 421 g/mol. The van der Waals surface area contributed by atoms with Gasteiger partial charge in [0.1, 0.15) is 0 Å². The Hall–Kier alpha value is -3.11. The molecule has 0 aliphatic heterocycles. The lowest BCUT2D eigenvalue weighted by Gasteiger charge is -2.12. The summed E-state index contributed by atoms with van der Waals surface area (Å²) in [5, 5.41) is 6.33. The Morgan fingerprint density at radius 2 is 1.86 bits per heavy atom. The maximum Gasteiger partial charge on any atom is 0.265 e. The van der Waals surface area contributed by atoms with Gasteiger partial charge in [-0.1, -0.05) is 17.3 Å². The van der Waals surface area contributed by atoms with E-state index >= 15 is 0 Å². The molecule has 0 aliphatic carbocycles. The number of ether oxygens (including phenoxy) is 2. The van der Waals surface area contributed by atoms with Crippen LogP contribution in [0.5, 0.6) is 11.5 Å². The average molecular weight is 421 g/mol. The number of carbonyl (C=O) groups excluding carboxylic acids is 1. The summed E-state index contributed by atoms with van der Waals surface area (Å²) in [7, 11) is 2.31. The van der Waals surface area contributed by atoms with Gasteiger partial charge in [0.15, 0.2) is 18.1 Å². The second kappa shape index (κ2) is 9.89. The van der Waals surface area contributed by atoms with Gasteiger partial charge in [0, 0.05) is 25.3 Å². The summed E-state index contributed by atoms with van der Waals surface area (Å²) in [5.41, 5.74) is 0.953. The van der Waals surface area contributed by atoms with Gasteiger partial charge < -0.3 is 19.6 Å². The van der Waals surface area contributed by atoms with E-state index in [1.54, 1.807) is 30.3 Å². The minimum atomic E-state index is -3.59.